The van der Waals surface area contributed by atoms with Crippen LogP contribution >= 0.6 is 0 Å². The molecule has 0 atom stereocenters. The third kappa shape index (κ3) is 3.05. The third-order valence-corrected chi connectivity index (χ3v) is 1.88. The first-order valence-electron chi connectivity index (χ1n) is 4.54. The number of benzene rings is 1. The van der Waals surface area contributed by atoms with E-state index in [2.05, 4.69) is 4.74 Å². The van der Waals surface area contributed by atoms with E-state index in [0.717, 1.165) is 6.07 Å². The molecular weight excluding hydrogens is 215 g/mol. The first-order chi connectivity index (χ1) is 7.54. The summed E-state index contributed by atoms with van der Waals surface area (Å²) in [6.07, 6.45) is 0. The molecule has 0 unspecified atom stereocenters. The smallest absolute Gasteiger partial charge is 0.303 e. The van der Waals surface area contributed by atoms with Crippen molar-refractivity contribution in [1.29, 1.82) is 0 Å². The van der Waals surface area contributed by atoms with Crippen molar-refractivity contribution in [2.75, 3.05) is 13.7 Å². The van der Waals surface area contributed by atoms with Crippen molar-refractivity contribution in [2.45, 2.75) is 6.92 Å². The number of carbonyl (C=O) groups excluding carboxylic acids is 2. The lowest BCUT2D eigenvalue weighted by atomic mass is 10.1. The molecule has 0 aliphatic carbocycles. The maximum atomic E-state index is 13.0. The summed E-state index contributed by atoms with van der Waals surface area (Å²) in [6, 6.07) is 3.70. The van der Waals surface area contributed by atoms with Gasteiger partial charge in [-0.15, -0.1) is 0 Å². The molecule has 0 aliphatic heterocycles. The highest BCUT2D eigenvalue weighted by Crippen LogP contribution is 2.18. The molecule has 1 aromatic rings. The van der Waals surface area contributed by atoms with Crippen molar-refractivity contribution in [3.8, 4) is 5.75 Å². The van der Waals surface area contributed by atoms with E-state index in [1.165, 1.54) is 26.2 Å². The van der Waals surface area contributed by atoms with Crippen LogP contribution in [0.2, 0.25) is 0 Å². The summed E-state index contributed by atoms with van der Waals surface area (Å²) in [4.78, 5) is 22.0. The number of esters is 1. The molecule has 4 nitrogen and oxygen atoms in total. The van der Waals surface area contributed by atoms with Gasteiger partial charge >= 0.3 is 5.97 Å². The molecule has 0 spiro atoms. The molecule has 1 aromatic carbocycles. The number of ketones is 1. The topological polar surface area (TPSA) is 52.6 Å². The Kier molecular flexibility index (Phi) is 3.99. The lowest BCUT2D eigenvalue weighted by Gasteiger charge is -2.05. The summed E-state index contributed by atoms with van der Waals surface area (Å²) < 4.78 is 22.3. The molecule has 0 bridgehead atoms. The summed E-state index contributed by atoms with van der Waals surface area (Å²) >= 11 is 0. The van der Waals surface area contributed by atoms with Crippen LogP contribution in [-0.2, 0) is 9.53 Å². The first kappa shape index (κ1) is 12.2. The van der Waals surface area contributed by atoms with Gasteiger partial charge in [0.05, 0.1) is 7.11 Å². The van der Waals surface area contributed by atoms with E-state index in [4.69, 9.17) is 4.74 Å². The Morgan fingerprint density at radius 1 is 1.38 bits per heavy atom. The fraction of sp³-hybridized carbons (Fsp3) is 0.273. The van der Waals surface area contributed by atoms with Crippen LogP contribution in [0.25, 0.3) is 0 Å². The van der Waals surface area contributed by atoms with Crippen LogP contribution in [0.3, 0.4) is 0 Å². The Labute approximate surface area is 92.0 Å². The van der Waals surface area contributed by atoms with Crippen molar-refractivity contribution in [3.63, 3.8) is 0 Å². The number of methoxy groups -OCH3 is 1. The van der Waals surface area contributed by atoms with E-state index in [9.17, 15) is 14.0 Å². The van der Waals surface area contributed by atoms with Gasteiger partial charge in [0, 0.05) is 12.5 Å². The summed E-state index contributed by atoms with van der Waals surface area (Å²) in [7, 11) is 1.30. The SMILES string of the molecule is COc1cc(C(=O)COC(C)=O)ccc1F. The standard InChI is InChI=1S/C11H11FO4/c1-7(13)16-6-10(14)8-3-4-9(12)11(5-8)15-2/h3-5H,6H2,1-2H3. The van der Waals surface area contributed by atoms with Crippen molar-refractivity contribution < 1.29 is 23.5 Å². The number of carbonyl (C=O) groups is 2. The Morgan fingerprint density at radius 2 is 2.06 bits per heavy atom. The van der Waals surface area contributed by atoms with Crippen LogP contribution in [-0.4, -0.2) is 25.5 Å². The maximum Gasteiger partial charge on any atom is 0.303 e. The second-order valence-corrected chi connectivity index (χ2v) is 3.05. The highest BCUT2D eigenvalue weighted by molar-refractivity contribution is 5.98. The van der Waals surface area contributed by atoms with Gasteiger partial charge in [0.15, 0.2) is 24.0 Å². The monoisotopic (exact) mass is 226 g/mol. The number of hydrogen-bond donors (Lipinski definition) is 0. The highest BCUT2D eigenvalue weighted by atomic mass is 19.1. The van der Waals surface area contributed by atoms with E-state index in [1.807, 2.05) is 0 Å². The first-order valence-corrected chi connectivity index (χ1v) is 4.54. The van der Waals surface area contributed by atoms with E-state index in [-0.39, 0.29) is 17.9 Å². The van der Waals surface area contributed by atoms with Crippen LogP contribution in [0.5, 0.6) is 5.75 Å². The molecule has 0 aromatic heterocycles. The van der Waals surface area contributed by atoms with Gasteiger partial charge in [-0.3, -0.25) is 9.59 Å². The van der Waals surface area contributed by atoms with Crippen molar-refractivity contribution >= 4 is 11.8 Å². The van der Waals surface area contributed by atoms with Crippen LogP contribution in [0.15, 0.2) is 18.2 Å². The minimum absolute atomic E-state index is 0.0197. The minimum atomic E-state index is -0.550. The molecule has 0 heterocycles. The van der Waals surface area contributed by atoms with Gasteiger partial charge in [-0.1, -0.05) is 0 Å². The number of ether oxygens (including phenoxy) is 2. The highest BCUT2D eigenvalue weighted by Gasteiger charge is 2.11. The van der Waals surface area contributed by atoms with Crippen molar-refractivity contribution in [1.82, 2.24) is 0 Å². The second-order valence-electron chi connectivity index (χ2n) is 3.05. The fourth-order valence-electron chi connectivity index (χ4n) is 1.08. The molecular formula is C11H11FO4. The number of Topliss-reactive ketones (excluding diaryl/α,β-unsaturated/α-hetero) is 1. The lowest BCUT2D eigenvalue weighted by molar-refractivity contribution is -0.139. The van der Waals surface area contributed by atoms with Gasteiger partial charge in [-0.25, -0.2) is 4.39 Å². The van der Waals surface area contributed by atoms with E-state index < -0.39 is 17.6 Å². The van der Waals surface area contributed by atoms with Crippen LogP contribution in [0.4, 0.5) is 4.39 Å². The summed E-state index contributed by atoms with van der Waals surface area (Å²) in [5.41, 5.74) is 0.236. The summed E-state index contributed by atoms with van der Waals surface area (Å²) in [5.74, 6) is -1.52. The van der Waals surface area contributed by atoms with Crippen LogP contribution in [0, 0.1) is 5.82 Å². The number of rotatable bonds is 4. The quantitative estimate of drug-likeness (QED) is 0.577. The van der Waals surface area contributed by atoms with Gasteiger partial charge < -0.3 is 9.47 Å². The largest absolute Gasteiger partial charge is 0.494 e. The zero-order valence-corrected chi connectivity index (χ0v) is 8.95. The maximum absolute atomic E-state index is 13.0. The third-order valence-electron chi connectivity index (χ3n) is 1.88. The second kappa shape index (κ2) is 5.25. The summed E-state index contributed by atoms with van der Waals surface area (Å²) in [6.45, 7) is 0.850. The van der Waals surface area contributed by atoms with Gasteiger partial charge in [0.25, 0.3) is 0 Å². The lowest BCUT2D eigenvalue weighted by Crippen LogP contribution is -2.12. The molecule has 16 heavy (non-hydrogen) atoms. The molecule has 0 saturated heterocycles. The van der Waals surface area contributed by atoms with E-state index >= 15 is 0 Å². The average Bonchev–Trinajstić information content (AvgIpc) is 2.26. The number of hydrogen-bond acceptors (Lipinski definition) is 4. The molecule has 0 radical (unpaired) electrons. The number of halogens is 1. The Hall–Kier alpha value is -1.91. The van der Waals surface area contributed by atoms with Crippen molar-refractivity contribution in [2.24, 2.45) is 0 Å². The zero-order valence-electron chi connectivity index (χ0n) is 8.95. The molecule has 86 valence electrons. The average molecular weight is 226 g/mol. The fourth-order valence-corrected chi connectivity index (χ4v) is 1.08. The molecule has 5 heteroatoms. The Morgan fingerprint density at radius 3 is 2.62 bits per heavy atom. The predicted octanol–water partition coefficient (Wildman–Crippen LogP) is 1.58. The van der Waals surface area contributed by atoms with E-state index in [0.29, 0.717) is 0 Å². The molecule has 0 fully saturated rings. The zero-order chi connectivity index (χ0) is 12.1. The molecule has 0 saturated carbocycles. The van der Waals surface area contributed by atoms with Crippen molar-refractivity contribution in [3.05, 3.63) is 29.6 Å². The predicted molar refractivity (Wildman–Crippen MR) is 53.9 cm³/mol. The van der Waals surface area contributed by atoms with Gasteiger partial charge in [0.2, 0.25) is 0 Å². The molecule has 1 rings (SSSR count). The van der Waals surface area contributed by atoms with Gasteiger partial charge in [0.1, 0.15) is 0 Å². The van der Waals surface area contributed by atoms with Gasteiger partial charge in [-0.05, 0) is 18.2 Å². The van der Waals surface area contributed by atoms with Gasteiger partial charge in [-0.2, -0.15) is 0 Å². The Bertz CT molecular complexity index is 414. The normalized spacial score (nSPS) is 9.69. The summed E-state index contributed by atoms with van der Waals surface area (Å²) in [5, 5.41) is 0. The molecule has 0 aliphatic rings. The molecule has 0 amide bonds. The Balaban J connectivity index is 2.80. The van der Waals surface area contributed by atoms with Crippen LogP contribution < -0.4 is 4.74 Å². The minimum Gasteiger partial charge on any atom is -0.494 e. The molecule has 0 N–H and O–H groups in total. The van der Waals surface area contributed by atoms with Crippen LogP contribution in [0.1, 0.15) is 17.3 Å². The van der Waals surface area contributed by atoms with E-state index in [1.54, 1.807) is 0 Å².